The Morgan fingerprint density at radius 3 is 2.72 bits per heavy atom. The van der Waals surface area contributed by atoms with Crippen LogP contribution in [-0.4, -0.2) is 26.2 Å². The number of anilines is 1. The maximum atomic E-state index is 13.1. The van der Waals surface area contributed by atoms with Crippen molar-refractivity contribution in [2.45, 2.75) is 25.6 Å². The Morgan fingerprint density at radius 2 is 2.00 bits per heavy atom. The molecular formula is C17H17F3N4O. The molecule has 8 heteroatoms. The number of hydrogen-bond donors (Lipinski definition) is 2. The van der Waals surface area contributed by atoms with Crippen LogP contribution < -0.4 is 5.32 Å². The highest BCUT2D eigenvalue weighted by molar-refractivity contribution is 5.49. The largest absolute Gasteiger partial charge is 0.416 e. The van der Waals surface area contributed by atoms with Gasteiger partial charge in [0, 0.05) is 24.4 Å². The number of aliphatic hydroxyl groups is 1. The number of nitrogens with zero attached hydrogens (tertiary/aromatic N) is 3. The van der Waals surface area contributed by atoms with E-state index in [1.54, 1.807) is 22.8 Å². The SMILES string of the molecule is CCc1cc(NCC(O)c2ccccc2C(F)(F)F)n2nccc2n1. The fourth-order valence-corrected chi connectivity index (χ4v) is 2.63. The number of hydrogen-bond acceptors (Lipinski definition) is 4. The Hall–Kier alpha value is -2.61. The van der Waals surface area contributed by atoms with E-state index in [2.05, 4.69) is 15.4 Å². The number of alkyl halides is 3. The summed E-state index contributed by atoms with van der Waals surface area (Å²) in [6, 6.07) is 8.52. The molecule has 3 rings (SSSR count). The van der Waals surface area contributed by atoms with Crippen molar-refractivity contribution >= 4 is 11.5 Å². The molecule has 0 aliphatic carbocycles. The van der Waals surface area contributed by atoms with Gasteiger partial charge in [-0.3, -0.25) is 0 Å². The molecule has 5 nitrogen and oxygen atoms in total. The van der Waals surface area contributed by atoms with Crippen LogP contribution >= 0.6 is 0 Å². The summed E-state index contributed by atoms with van der Waals surface area (Å²) in [6.45, 7) is 1.86. The van der Waals surface area contributed by atoms with Crippen LogP contribution in [0.5, 0.6) is 0 Å². The van der Waals surface area contributed by atoms with Gasteiger partial charge in [0.2, 0.25) is 0 Å². The van der Waals surface area contributed by atoms with Crippen molar-refractivity contribution in [2.24, 2.45) is 0 Å². The highest BCUT2D eigenvalue weighted by atomic mass is 19.4. The number of benzene rings is 1. The summed E-state index contributed by atoms with van der Waals surface area (Å²) in [7, 11) is 0. The van der Waals surface area contributed by atoms with Gasteiger partial charge in [-0.15, -0.1) is 0 Å². The molecule has 2 heterocycles. The van der Waals surface area contributed by atoms with Gasteiger partial charge in [-0.05, 0) is 18.1 Å². The topological polar surface area (TPSA) is 62.5 Å². The minimum Gasteiger partial charge on any atom is -0.387 e. The van der Waals surface area contributed by atoms with Gasteiger partial charge in [-0.25, -0.2) is 4.98 Å². The van der Waals surface area contributed by atoms with E-state index in [0.717, 1.165) is 11.8 Å². The number of halogens is 3. The number of rotatable bonds is 5. The second kappa shape index (κ2) is 6.72. The minimum atomic E-state index is -4.52. The molecule has 0 amide bonds. The van der Waals surface area contributed by atoms with Gasteiger partial charge < -0.3 is 10.4 Å². The van der Waals surface area contributed by atoms with Crippen molar-refractivity contribution in [2.75, 3.05) is 11.9 Å². The molecule has 0 aliphatic rings. The van der Waals surface area contributed by atoms with E-state index in [1.807, 2.05) is 6.92 Å². The number of aromatic nitrogens is 3. The first-order chi connectivity index (χ1) is 11.9. The van der Waals surface area contributed by atoms with Gasteiger partial charge in [0.15, 0.2) is 5.65 Å². The highest BCUT2D eigenvalue weighted by Gasteiger charge is 2.34. The van der Waals surface area contributed by atoms with Crippen LogP contribution in [0.4, 0.5) is 19.0 Å². The molecule has 2 aromatic heterocycles. The van der Waals surface area contributed by atoms with Crippen LogP contribution in [-0.2, 0) is 12.6 Å². The molecule has 0 bridgehead atoms. The van der Waals surface area contributed by atoms with Crippen LogP contribution in [0.3, 0.4) is 0 Å². The molecule has 1 aromatic carbocycles. The van der Waals surface area contributed by atoms with Crippen LogP contribution in [0.25, 0.3) is 5.65 Å². The highest BCUT2D eigenvalue weighted by Crippen LogP contribution is 2.34. The summed E-state index contributed by atoms with van der Waals surface area (Å²) in [5.74, 6) is 0.565. The van der Waals surface area contributed by atoms with E-state index < -0.39 is 17.8 Å². The molecule has 0 radical (unpaired) electrons. The Labute approximate surface area is 142 Å². The molecule has 25 heavy (non-hydrogen) atoms. The quantitative estimate of drug-likeness (QED) is 0.740. The van der Waals surface area contributed by atoms with Gasteiger partial charge in [-0.2, -0.15) is 22.8 Å². The first-order valence-corrected chi connectivity index (χ1v) is 7.82. The molecular weight excluding hydrogens is 333 g/mol. The van der Waals surface area contributed by atoms with Crippen LogP contribution in [0, 0.1) is 0 Å². The van der Waals surface area contributed by atoms with E-state index in [-0.39, 0.29) is 12.1 Å². The zero-order valence-corrected chi connectivity index (χ0v) is 13.5. The second-order valence-corrected chi connectivity index (χ2v) is 5.57. The molecule has 0 aliphatic heterocycles. The molecule has 2 N–H and O–H groups in total. The van der Waals surface area contributed by atoms with Crippen LogP contribution in [0.15, 0.2) is 42.6 Å². The summed E-state index contributed by atoms with van der Waals surface area (Å²) < 4.78 is 40.8. The van der Waals surface area contributed by atoms with Gasteiger partial charge in [0.05, 0.1) is 17.9 Å². The summed E-state index contributed by atoms with van der Waals surface area (Å²) >= 11 is 0. The summed E-state index contributed by atoms with van der Waals surface area (Å²) in [6.07, 6.45) is -3.54. The predicted octanol–water partition coefficient (Wildman–Crippen LogP) is 3.46. The zero-order chi connectivity index (χ0) is 18.0. The van der Waals surface area contributed by atoms with Gasteiger partial charge in [-0.1, -0.05) is 25.1 Å². The van der Waals surface area contributed by atoms with E-state index >= 15 is 0 Å². The van der Waals surface area contributed by atoms with Crippen molar-refractivity contribution in [1.82, 2.24) is 14.6 Å². The average molecular weight is 350 g/mol. The fraction of sp³-hybridized carbons (Fsp3) is 0.294. The molecule has 0 spiro atoms. The third-order valence-electron chi connectivity index (χ3n) is 3.88. The first kappa shape index (κ1) is 17.2. The fourth-order valence-electron chi connectivity index (χ4n) is 2.63. The Kier molecular flexibility index (Phi) is 4.63. The van der Waals surface area contributed by atoms with E-state index in [4.69, 9.17) is 0 Å². The first-order valence-electron chi connectivity index (χ1n) is 7.82. The molecule has 1 unspecified atom stereocenters. The lowest BCUT2D eigenvalue weighted by Crippen LogP contribution is -2.19. The maximum absolute atomic E-state index is 13.1. The van der Waals surface area contributed by atoms with Crippen molar-refractivity contribution in [3.8, 4) is 0 Å². The lowest BCUT2D eigenvalue weighted by Gasteiger charge is -2.18. The normalized spacial score (nSPS) is 13.2. The Morgan fingerprint density at radius 1 is 1.24 bits per heavy atom. The second-order valence-electron chi connectivity index (χ2n) is 5.57. The number of aliphatic hydroxyl groups excluding tert-OH is 1. The molecule has 0 saturated carbocycles. The Balaban J connectivity index is 1.84. The van der Waals surface area contributed by atoms with Crippen molar-refractivity contribution in [1.29, 1.82) is 0 Å². The van der Waals surface area contributed by atoms with Crippen LogP contribution in [0.1, 0.15) is 29.8 Å². The zero-order valence-electron chi connectivity index (χ0n) is 13.5. The van der Waals surface area contributed by atoms with E-state index in [0.29, 0.717) is 17.9 Å². The lowest BCUT2D eigenvalue weighted by molar-refractivity contribution is -0.139. The van der Waals surface area contributed by atoms with Gasteiger partial charge >= 0.3 is 6.18 Å². The maximum Gasteiger partial charge on any atom is 0.416 e. The third kappa shape index (κ3) is 3.58. The average Bonchev–Trinajstić information content (AvgIpc) is 3.07. The molecule has 1 atom stereocenters. The molecule has 3 aromatic rings. The molecule has 132 valence electrons. The third-order valence-corrected chi connectivity index (χ3v) is 3.88. The summed E-state index contributed by atoms with van der Waals surface area (Å²) in [5.41, 5.74) is 0.453. The Bertz CT molecular complexity index is 876. The number of aryl methyl sites for hydroxylation is 1. The van der Waals surface area contributed by atoms with Gasteiger partial charge in [0.1, 0.15) is 5.82 Å². The predicted molar refractivity (Wildman–Crippen MR) is 87.3 cm³/mol. The van der Waals surface area contributed by atoms with Crippen molar-refractivity contribution < 1.29 is 18.3 Å². The van der Waals surface area contributed by atoms with E-state index in [9.17, 15) is 18.3 Å². The number of nitrogens with one attached hydrogen (secondary N) is 1. The standard InChI is InChI=1S/C17H17F3N4O/c1-2-11-9-16(24-15(23-11)7-8-22-24)21-10-14(25)12-5-3-4-6-13(12)17(18,19)20/h3-9,14,21,25H,2,10H2,1H3. The summed E-state index contributed by atoms with van der Waals surface area (Å²) in [4.78, 5) is 4.40. The van der Waals surface area contributed by atoms with Crippen LogP contribution in [0.2, 0.25) is 0 Å². The van der Waals surface area contributed by atoms with E-state index in [1.165, 1.54) is 18.2 Å². The smallest absolute Gasteiger partial charge is 0.387 e. The number of fused-ring (bicyclic) bond motifs is 1. The molecule has 0 fully saturated rings. The monoisotopic (exact) mass is 350 g/mol. The minimum absolute atomic E-state index is 0.0881. The van der Waals surface area contributed by atoms with Gasteiger partial charge in [0.25, 0.3) is 0 Å². The van der Waals surface area contributed by atoms with Crippen molar-refractivity contribution in [3.63, 3.8) is 0 Å². The van der Waals surface area contributed by atoms with Crippen molar-refractivity contribution in [3.05, 3.63) is 59.4 Å². The summed E-state index contributed by atoms with van der Waals surface area (Å²) in [5, 5.41) is 17.4. The molecule has 0 saturated heterocycles. The lowest BCUT2D eigenvalue weighted by atomic mass is 10.0.